The van der Waals surface area contributed by atoms with Crippen LogP contribution < -0.4 is 0 Å². The molecule has 0 spiro atoms. The standard InChI is InChI=1S/C43H34N2/c1-43(2)38-18-10-9-13-31(38)32-21-19-27(23-39(32)43)41-33-14-5-7-16-35(33)42(36-17-8-6-15-34(36)41)40-22-20-29(25-45-40)37-26-44-24-28-11-3-4-12-30(28)37/h5-10,13-26H,3-4,11-12H2,1-2H3. The van der Waals surface area contributed by atoms with Crippen molar-refractivity contribution in [2.24, 2.45) is 0 Å². The van der Waals surface area contributed by atoms with Crippen molar-refractivity contribution < 1.29 is 0 Å². The molecule has 0 saturated heterocycles. The second-order valence-electron chi connectivity index (χ2n) is 13.2. The van der Waals surface area contributed by atoms with Crippen LogP contribution in [0.3, 0.4) is 0 Å². The molecule has 0 fully saturated rings. The third-order valence-electron chi connectivity index (χ3n) is 10.4. The van der Waals surface area contributed by atoms with E-state index in [1.165, 1.54) is 90.0 Å². The lowest BCUT2D eigenvalue weighted by atomic mass is 9.80. The highest BCUT2D eigenvalue weighted by Crippen LogP contribution is 2.51. The van der Waals surface area contributed by atoms with Crippen LogP contribution in [-0.4, -0.2) is 9.97 Å². The first kappa shape index (κ1) is 26.3. The zero-order valence-corrected chi connectivity index (χ0v) is 25.8. The van der Waals surface area contributed by atoms with Gasteiger partial charge in [-0.3, -0.25) is 9.97 Å². The summed E-state index contributed by atoms with van der Waals surface area (Å²) < 4.78 is 0. The molecule has 45 heavy (non-hydrogen) atoms. The number of hydrogen-bond acceptors (Lipinski definition) is 2. The number of fused-ring (bicyclic) bond motifs is 6. The summed E-state index contributed by atoms with van der Waals surface area (Å²) in [7, 11) is 0. The molecule has 0 N–H and O–H groups in total. The zero-order chi connectivity index (χ0) is 30.1. The van der Waals surface area contributed by atoms with E-state index in [0.29, 0.717) is 0 Å². The van der Waals surface area contributed by atoms with Crippen molar-refractivity contribution in [3.63, 3.8) is 0 Å². The predicted octanol–water partition coefficient (Wildman–Crippen LogP) is 11.0. The highest BCUT2D eigenvalue weighted by atomic mass is 14.7. The Bertz CT molecular complexity index is 2230. The third kappa shape index (κ3) is 3.95. The molecule has 2 nitrogen and oxygen atoms in total. The van der Waals surface area contributed by atoms with E-state index in [1.807, 2.05) is 6.20 Å². The van der Waals surface area contributed by atoms with E-state index in [2.05, 4.69) is 134 Å². The van der Waals surface area contributed by atoms with Gasteiger partial charge in [0.05, 0.1) is 5.69 Å². The molecule has 0 amide bonds. The van der Waals surface area contributed by atoms with E-state index in [1.54, 1.807) is 0 Å². The smallest absolute Gasteiger partial charge is 0.0714 e. The second-order valence-corrected chi connectivity index (χ2v) is 13.2. The van der Waals surface area contributed by atoms with Crippen molar-refractivity contribution in [3.05, 3.63) is 144 Å². The van der Waals surface area contributed by atoms with E-state index in [-0.39, 0.29) is 5.41 Å². The van der Waals surface area contributed by atoms with E-state index in [0.717, 1.165) is 24.1 Å². The molecule has 2 heteroatoms. The van der Waals surface area contributed by atoms with Gasteiger partial charge in [-0.05, 0) is 104 Å². The minimum atomic E-state index is -0.0489. The SMILES string of the molecule is CC1(C)c2ccccc2-c2ccc(-c3c4ccccc4c(-c4ccc(-c5cncc6c5CCCC6)cn4)c4ccccc34)cc21. The van der Waals surface area contributed by atoms with Crippen LogP contribution in [-0.2, 0) is 18.3 Å². The molecule has 0 bridgehead atoms. The molecule has 9 rings (SSSR count). The minimum absolute atomic E-state index is 0.0489. The maximum absolute atomic E-state index is 5.14. The first-order chi connectivity index (χ1) is 22.1. The summed E-state index contributed by atoms with van der Waals surface area (Å²) in [6, 6.07) is 38.2. The summed E-state index contributed by atoms with van der Waals surface area (Å²) in [6.07, 6.45) is 10.9. The van der Waals surface area contributed by atoms with Crippen LogP contribution in [0.1, 0.15) is 48.9 Å². The summed E-state index contributed by atoms with van der Waals surface area (Å²) in [5, 5.41) is 4.97. The number of rotatable bonds is 3. The highest BCUT2D eigenvalue weighted by Gasteiger charge is 2.35. The van der Waals surface area contributed by atoms with E-state index in [9.17, 15) is 0 Å². The summed E-state index contributed by atoms with van der Waals surface area (Å²) in [5.74, 6) is 0. The number of nitrogens with zero attached hydrogens (tertiary/aromatic N) is 2. The molecule has 2 aliphatic carbocycles. The maximum Gasteiger partial charge on any atom is 0.0714 e. The molecular weight excluding hydrogens is 544 g/mol. The van der Waals surface area contributed by atoms with Gasteiger partial charge in [0.15, 0.2) is 0 Å². The van der Waals surface area contributed by atoms with Crippen LogP contribution >= 0.6 is 0 Å². The number of aromatic nitrogens is 2. The van der Waals surface area contributed by atoms with Gasteiger partial charge in [-0.2, -0.15) is 0 Å². The molecule has 2 heterocycles. The maximum atomic E-state index is 5.14. The van der Waals surface area contributed by atoms with Crippen LogP contribution in [0.25, 0.3) is 66.2 Å². The molecule has 2 aromatic heterocycles. The van der Waals surface area contributed by atoms with Crippen molar-refractivity contribution in [2.45, 2.75) is 44.9 Å². The van der Waals surface area contributed by atoms with Crippen molar-refractivity contribution in [3.8, 4) is 44.6 Å². The molecule has 7 aromatic rings. The van der Waals surface area contributed by atoms with E-state index >= 15 is 0 Å². The Morgan fingerprint density at radius 3 is 1.91 bits per heavy atom. The fourth-order valence-corrected chi connectivity index (χ4v) is 8.18. The first-order valence-electron chi connectivity index (χ1n) is 16.2. The van der Waals surface area contributed by atoms with Crippen molar-refractivity contribution in [1.82, 2.24) is 9.97 Å². The lowest BCUT2D eigenvalue weighted by Crippen LogP contribution is -2.14. The average molecular weight is 579 g/mol. The summed E-state index contributed by atoms with van der Waals surface area (Å²) in [6.45, 7) is 4.72. The molecule has 0 unspecified atom stereocenters. The Hall–Kier alpha value is -5.08. The largest absolute Gasteiger partial charge is 0.264 e. The Morgan fingerprint density at radius 2 is 1.18 bits per heavy atom. The Kier molecular flexibility index (Phi) is 5.83. The molecule has 0 atom stereocenters. The van der Waals surface area contributed by atoms with Crippen LogP contribution in [0, 0.1) is 0 Å². The minimum Gasteiger partial charge on any atom is -0.264 e. The van der Waals surface area contributed by atoms with Gasteiger partial charge in [-0.15, -0.1) is 0 Å². The van der Waals surface area contributed by atoms with Gasteiger partial charge in [0.2, 0.25) is 0 Å². The monoisotopic (exact) mass is 578 g/mol. The summed E-state index contributed by atoms with van der Waals surface area (Å²) in [4.78, 5) is 9.73. The molecular formula is C43H34N2. The predicted molar refractivity (Wildman–Crippen MR) is 188 cm³/mol. The van der Waals surface area contributed by atoms with Crippen LogP contribution in [0.15, 0.2) is 122 Å². The fraction of sp³-hybridized carbons (Fsp3) is 0.163. The van der Waals surface area contributed by atoms with Gasteiger partial charge >= 0.3 is 0 Å². The van der Waals surface area contributed by atoms with Gasteiger partial charge in [-0.25, -0.2) is 0 Å². The number of benzene rings is 5. The third-order valence-corrected chi connectivity index (χ3v) is 10.4. The fourth-order valence-electron chi connectivity index (χ4n) is 8.18. The average Bonchev–Trinajstić information content (AvgIpc) is 3.32. The van der Waals surface area contributed by atoms with Gasteiger partial charge in [0.25, 0.3) is 0 Å². The van der Waals surface area contributed by atoms with Gasteiger partial charge in [0.1, 0.15) is 0 Å². The number of hydrogen-bond donors (Lipinski definition) is 0. The Balaban J connectivity index is 1.23. The van der Waals surface area contributed by atoms with Gasteiger partial charge in [-0.1, -0.05) is 105 Å². The van der Waals surface area contributed by atoms with Gasteiger partial charge < -0.3 is 0 Å². The zero-order valence-electron chi connectivity index (χ0n) is 25.8. The number of aryl methyl sites for hydroxylation is 1. The lowest BCUT2D eigenvalue weighted by molar-refractivity contribution is 0.660. The van der Waals surface area contributed by atoms with Gasteiger partial charge in [0, 0.05) is 40.7 Å². The van der Waals surface area contributed by atoms with Crippen LogP contribution in [0.2, 0.25) is 0 Å². The van der Waals surface area contributed by atoms with Crippen molar-refractivity contribution >= 4 is 21.5 Å². The second kappa shape index (κ2) is 9.97. The van der Waals surface area contributed by atoms with Crippen molar-refractivity contribution in [2.75, 3.05) is 0 Å². The normalized spacial score (nSPS) is 14.7. The Labute approximate surface area is 264 Å². The number of pyridine rings is 2. The molecule has 2 aliphatic rings. The van der Waals surface area contributed by atoms with Crippen molar-refractivity contribution in [1.29, 1.82) is 0 Å². The quantitative estimate of drug-likeness (QED) is 0.195. The highest BCUT2D eigenvalue weighted by molar-refractivity contribution is 6.21. The molecule has 0 saturated carbocycles. The van der Waals surface area contributed by atoms with Crippen LogP contribution in [0.4, 0.5) is 0 Å². The summed E-state index contributed by atoms with van der Waals surface area (Å²) >= 11 is 0. The lowest BCUT2D eigenvalue weighted by Gasteiger charge is -2.23. The molecule has 5 aromatic carbocycles. The topological polar surface area (TPSA) is 25.8 Å². The van der Waals surface area contributed by atoms with E-state index in [4.69, 9.17) is 4.98 Å². The summed E-state index contributed by atoms with van der Waals surface area (Å²) in [5.41, 5.74) is 15.4. The first-order valence-corrected chi connectivity index (χ1v) is 16.2. The Morgan fingerprint density at radius 1 is 0.533 bits per heavy atom. The van der Waals surface area contributed by atoms with Crippen LogP contribution in [0.5, 0.6) is 0 Å². The molecule has 0 radical (unpaired) electrons. The molecule has 0 aliphatic heterocycles. The van der Waals surface area contributed by atoms with E-state index < -0.39 is 0 Å². The molecule has 216 valence electrons.